The van der Waals surface area contributed by atoms with E-state index in [9.17, 15) is 18.0 Å². The molecule has 2 N–H and O–H groups in total. The molecule has 8 heteroatoms. The Morgan fingerprint density at radius 1 is 0.963 bits per heavy atom. The second-order valence-electron chi connectivity index (χ2n) is 5.82. The van der Waals surface area contributed by atoms with Crippen LogP contribution >= 0.6 is 0 Å². The normalized spacial score (nSPS) is 11.1. The van der Waals surface area contributed by atoms with Crippen molar-refractivity contribution < 1.29 is 18.0 Å². The number of rotatable bonds is 4. The van der Waals surface area contributed by atoms with Gasteiger partial charge in [-0.15, -0.1) is 0 Å². The van der Waals surface area contributed by atoms with Gasteiger partial charge in [-0.05, 0) is 42.8 Å². The van der Waals surface area contributed by atoms with Crippen LogP contribution in [-0.2, 0) is 6.18 Å². The molecule has 0 radical (unpaired) electrons. The van der Waals surface area contributed by atoms with Gasteiger partial charge in [-0.2, -0.15) is 13.2 Å². The summed E-state index contributed by atoms with van der Waals surface area (Å²) >= 11 is 0. The summed E-state index contributed by atoms with van der Waals surface area (Å²) in [4.78, 5) is 20.2. The van der Waals surface area contributed by atoms with Gasteiger partial charge in [0, 0.05) is 23.8 Å². The first-order valence-electron chi connectivity index (χ1n) is 7.95. The molecule has 0 unspecified atom stereocenters. The monoisotopic (exact) mass is 372 g/mol. The number of alkyl halides is 3. The Bertz CT molecular complexity index is 956. The molecule has 5 nitrogen and oxygen atoms in total. The fourth-order valence-corrected chi connectivity index (χ4v) is 2.34. The van der Waals surface area contributed by atoms with E-state index in [0.29, 0.717) is 5.69 Å². The minimum absolute atomic E-state index is 0.0847. The Labute approximate surface area is 153 Å². The third kappa shape index (κ3) is 4.81. The van der Waals surface area contributed by atoms with Crippen LogP contribution in [0.4, 0.5) is 30.5 Å². The number of amides is 1. The predicted octanol–water partition coefficient (Wildman–Crippen LogP) is 4.80. The summed E-state index contributed by atoms with van der Waals surface area (Å²) in [5, 5.41) is 5.41. The summed E-state index contributed by atoms with van der Waals surface area (Å²) in [6.45, 7) is 1.91. The standard InChI is InChI=1S/C19H15F3N4O/c1-12-4-2-6-15(8-12)25-17(27)13-10-23-18(24-11-13)26-16-7-3-5-14(9-16)19(20,21)22/h2-11H,1H3,(H,25,27)(H,23,24,26). The summed E-state index contributed by atoms with van der Waals surface area (Å²) in [6.07, 6.45) is -1.83. The maximum atomic E-state index is 12.7. The second-order valence-corrected chi connectivity index (χ2v) is 5.82. The minimum Gasteiger partial charge on any atom is -0.324 e. The molecule has 3 rings (SSSR count). The zero-order valence-electron chi connectivity index (χ0n) is 14.2. The summed E-state index contributed by atoms with van der Waals surface area (Å²) in [7, 11) is 0. The molecule has 0 aliphatic carbocycles. The van der Waals surface area contributed by atoms with Crippen LogP contribution in [0.1, 0.15) is 21.5 Å². The minimum atomic E-state index is -4.43. The van der Waals surface area contributed by atoms with Crippen LogP contribution in [0.25, 0.3) is 0 Å². The third-order valence-electron chi connectivity index (χ3n) is 3.64. The van der Waals surface area contributed by atoms with Crippen LogP contribution in [0, 0.1) is 6.92 Å². The van der Waals surface area contributed by atoms with Crippen molar-refractivity contribution in [1.82, 2.24) is 9.97 Å². The van der Waals surface area contributed by atoms with Crippen molar-refractivity contribution in [3.63, 3.8) is 0 Å². The van der Waals surface area contributed by atoms with E-state index in [4.69, 9.17) is 0 Å². The smallest absolute Gasteiger partial charge is 0.324 e. The zero-order chi connectivity index (χ0) is 19.4. The lowest BCUT2D eigenvalue weighted by Crippen LogP contribution is -2.13. The molecule has 0 saturated heterocycles. The van der Waals surface area contributed by atoms with Crippen molar-refractivity contribution in [2.75, 3.05) is 10.6 Å². The van der Waals surface area contributed by atoms with Gasteiger partial charge in [0.2, 0.25) is 5.95 Å². The van der Waals surface area contributed by atoms with Crippen molar-refractivity contribution in [3.8, 4) is 0 Å². The fourth-order valence-electron chi connectivity index (χ4n) is 2.34. The molecule has 1 amide bonds. The molecule has 138 valence electrons. The number of hydrogen-bond donors (Lipinski definition) is 2. The van der Waals surface area contributed by atoms with Gasteiger partial charge < -0.3 is 10.6 Å². The Morgan fingerprint density at radius 3 is 2.30 bits per heavy atom. The molecule has 3 aromatic rings. The van der Waals surface area contributed by atoms with Crippen LogP contribution in [0.3, 0.4) is 0 Å². The summed E-state index contributed by atoms with van der Waals surface area (Å²) in [5.41, 5.74) is 1.30. The average Bonchev–Trinajstić information content (AvgIpc) is 2.62. The van der Waals surface area contributed by atoms with Crippen molar-refractivity contribution in [3.05, 3.63) is 77.6 Å². The van der Waals surface area contributed by atoms with E-state index in [1.165, 1.54) is 24.5 Å². The van der Waals surface area contributed by atoms with E-state index in [1.54, 1.807) is 6.07 Å². The number of carbonyl (C=O) groups excluding carboxylic acids is 1. The highest BCUT2D eigenvalue weighted by molar-refractivity contribution is 6.03. The summed E-state index contributed by atoms with van der Waals surface area (Å²) < 4.78 is 38.2. The van der Waals surface area contributed by atoms with Crippen LogP contribution in [-0.4, -0.2) is 15.9 Å². The largest absolute Gasteiger partial charge is 0.416 e. The Balaban J connectivity index is 1.69. The van der Waals surface area contributed by atoms with Crippen LogP contribution in [0.5, 0.6) is 0 Å². The molecule has 0 spiro atoms. The van der Waals surface area contributed by atoms with E-state index < -0.39 is 11.7 Å². The number of nitrogens with one attached hydrogen (secondary N) is 2. The predicted molar refractivity (Wildman–Crippen MR) is 95.9 cm³/mol. The van der Waals surface area contributed by atoms with Crippen molar-refractivity contribution in [2.45, 2.75) is 13.1 Å². The van der Waals surface area contributed by atoms with Crippen LogP contribution < -0.4 is 10.6 Å². The third-order valence-corrected chi connectivity index (χ3v) is 3.64. The van der Waals surface area contributed by atoms with Gasteiger partial charge in [0.25, 0.3) is 5.91 Å². The molecule has 1 heterocycles. The lowest BCUT2D eigenvalue weighted by molar-refractivity contribution is -0.137. The average molecular weight is 372 g/mol. The molecule has 2 aromatic carbocycles. The topological polar surface area (TPSA) is 66.9 Å². The molecule has 0 fully saturated rings. The number of carbonyl (C=O) groups is 1. The molecular weight excluding hydrogens is 357 g/mol. The van der Waals surface area contributed by atoms with E-state index in [2.05, 4.69) is 20.6 Å². The van der Waals surface area contributed by atoms with Gasteiger partial charge in [-0.3, -0.25) is 4.79 Å². The molecular formula is C19H15F3N4O. The fraction of sp³-hybridized carbons (Fsp3) is 0.105. The first-order valence-corrected chi connectivity index (χ1v) is 7.95. The Morgan fingerprint density at radius 2 is 1.63 bits per heavy atom. The summed E-state index contributed by atoms with van der Waals surface area (Å²) in [5.74, 6) is -0.298. The Hall–Kier alpha value is -3.42. The molecule has 0 saturated carbocycles. The highest BCUT2D eigenvalue weighted by Crippen LogP contribution is 2.31. The number of hydrogen-bond acceptors (Lipinski definition) is 4. The second kappa shape index (κ2) is 7.45. The van der Waals surface area contributed by atoms with Gasteiger partial charge in [-0.25, -0.2) is 9.97 Å². The summed E-state index contributed by atoms with van der Waals surface area (Å²) in [6, 6.07) is 12.0. The maximum absolute atomic E-state index is 12.7. The molecule has 0 aliphatic heterocycles. The van der Waals surface area contributed by atoms with E-state index >= 15 is 0 Å². The van der Waals surface area contributed by atoms with Gasteiger partial charge in [0.1, 0.15) is 0 Å². The highest BCUT2D eigenvalue weighted by atomic mass is 19.4. The lowest BCUT2D eigenvalue weighted by atomic mass is 10.2. The number of benzene rings is 2. The van der Waals surface area contributed by atoms with E-state index in [1.807, 2.05) is 25.1 Å². The van der Waals surface area contributed by atoms with E-state index in [0.717, 1.165) is 17.7 Å². The van der Waals surface area contributed by atoms with Gasteiger partial charge >= 0.3 is 6.18 Å². The van der Waals surface area contributed by atoms with Crippen LogP contribution in [0.2, 0.25) is 0 Å². The SMILES string of the molecule is Cc1cccc(NC(=O)c2cnc(Nc3cccc(C(F)(F)F)c3)nc2)c1. The number of halogens is 3. The molecule has 1 aromatic heterocycles. The van der Waals surface area contributed by atoms with Gasteiger partial charge in [-0.1, -0.05) is 18.2 Å². The van der Waals surface area contributed by atoms with E-state index in [-0.39, 0.29) is 23.1 Å². The Kier molecular flexibility index (Phi) is 5.07. The first kappa shape index (κ1) is 18.4. The zero-order valence-corrected chi connectivity index (χ0v) is 14.2. The first-order chi connectivity index (χ1) is 12.8. The molecule has 0 atom stereocenters. The highest BCUT2D eigenvalue weighted by Gasteiger charge is 2.30. The number of aromatic nitrogens is 2. The maximum Gasteiger partial charge on any atom is 0.416 e. The number of aryl methyl sites for hydroxylation is 1. The van der Waals surface area contributed by atoms with Gasteiger partial charge in [0.05, 0.1) is 11.1 Å². The van der Waals surface area contributed by atoms with Crippen molar-refractivity contribution in [1.29, 1.82) is 0 Å². The quantitative estimate of drug-likeness (QED) is 0.690. The number of nitrogens with zero attached hydrogens (tertiary/aromatic N) is 2. The van der Waals surface area contributed by atoms with Crippen LogP contribution in [0.15, 0.2) is 60.9 Å². The van der Waals surface area contributed by atoms with Gasteiger partial charge in [0.15, 0.2) is 0 Å². The molecule has 27 heavy (non-hydrogen) atoms. The molecule has 0 aliphatic rings. The van der Waals surface area contributed by atoms with Crippen molar-refractivity contribution in [2.24, 2.45) is 0 Å². The lowest BCUT2D eigenvalue weighted by Gasteiger charge is -2.10. The molecule has 0 bridgehead atoms. The van der Waals surface area contributed by atoms with Crippen molar-refractivity contribution >= 4 is 23.2 Å². The number of anilines is 3.